The summed E-state index contributed by atoms with van der Waals surface area (Å²) in [5, 5.41) is 0.634. The maximum absolute atomic E-state index is 12.9. The molecule has 0 N–H and O–H groups in total. The van der Waals surface area contributed by atoms with Crippen molar-refractivity contribution in [2.45, 2.75) is 39.0 Å². The second-order valence-corrected chi connectivity index (χ2v) is 7.86. The zero-order valence-corrected chi connectivity index (χ0v) is 17.4. The summed E-state index contributed by atoms with van der Waals surface area (Å²) in [6.07, 6.45) is 7.73. The first-order valence-electron chi connectivity index (χ1n) is 9.97. The molecule has 1 fully saturated rings. The van der Waals surface area contributed by atoms with Gasteiger partial charge in [-0.05, 0) is 50.3 Å². The Hall–Kier alpha value is -2.47. The van der Waals surface area contributed by atoms with E-state index in [1.54, 1.807) is 30.4 Å². The summed E-state index contributed by atoms with van der Waals surface area (Å²) >= 11 is 6.14. The van der Waals surface area contributed by atoms with E-state index in [0.717, 1.165) is 17.7 Å². The van der Waals surface area contributed by atoms with Gasteiger partial charge in [-0.2, -0.15) is 0 Å². The van der Waals surface area contributed by atoms with Gasteiger partial charge in [0.15, 0.2) is 0 Å². The van der Waals surface area contributed by atoms with Crippen molar-refractivity contribution in [1.29, 1.82) is 0 Å². The van der Waals surface area contributed by atoms with Gasteiger partial charge in [0, 0.05) is 43.1 Å². The van der Waals surface area contributed by atoms with Gasteiger partial charge in [-0.15, -0.1) is 0 Å². The lowest BCUT2D eigenvalue weighted by molar-refractivity contribution is -0.160. The quantitative estimate of drug-likeness (QED) is 0.647. The highest BCUT2D eigenvalue weighted by molar-refractivity contribution is 6.30. The molecule has 1 aromatic carbocycles. The number of aromatic nitrogens is 2. The van der Waals surface area contributed by atoms with Gasteiger partial charge in [0.2, 0.25) is 5.91 Å². The van der Waals surface area contributed by atoms with Gasteiger partial charge in [0.05, 0.1) is 17.7 Å². The van der Waals surface area contributed by atoms with E-state index in [0.29, 0.717) is 50.4 Å². The fourth-order valence-corrected chi connectivity index (χ4v) is 4.11. The highest BCUT2D eigenvalue weighted by Crippen LogP contribution is 2.36. The summed E-state index contributed by atoms with van der Waals surface area (Å²) < 4.78 is 5.42. The van der Waals surface area contributed by atoms with Crippen molar-refractivity contribution in [3.05, 3.63) is 59.1 Å². The summed E-state index contributed by atoms with van der Waals surface area (Å²) in [4.78, 5) is 35.8. The van der Waals surface area contributed by atoms with Crippen LogP contribution < -0.4 is 0 Å². The molecule has 0 aliphatic carbocycles. The lowest BCUT2D eigenvalue weighted by Gasteiger charge is -2.41. The minimum absolute atomic E-state index is 0.0233. The molecule has 3 rings (SSSR count). The molecule has 1 saturated heterocycles. The fourth-order valence-electron chi connectivity index (χ4n) is 3.90. The van der Waals surface area contributed by atoms with Crippen LogP contribution in [-0.4, -0.2) is 46.4 Å². The number of benzene rings is 1. The van der Waals surface area contributed by atoms with Gasteiger partial charge in [0.25, 0.3) is 0 Å². The Morgan fingerprint density at radius 2 is 2.17 bits per heavy atom. The van der Waals surface area contributed by atoms with Crippen LogP contribution in [0.15, 0.2) is 42.9 Å². The standard InChI is InChI=1S/C22H26ClN3O3/c1-2-29-21(28)22(14-17-5-3-6-18(23)13-17)9-4-12-26(16-22)20(27)8-7-19-15-24-10-11-25-19/h3,5-6,10-11,13,15H,2,4,7-9,12,14,16H2,1H3/t22-/m0/s1. The lowest BCUT2D eigenvalue weighted by atomic mass is 9.75. The Labute approximate surface area is 176 Å². The van der Waals surface area contributed by atoms with Crippen molar-refractivity contribution in [1.82, 2.24) is 14.9 Å². The number of piperidine rings is 1. The van der Waals surface area contributed by atoms with Gasteiger partial charge in [-0.25, -0.2) is 0 Å². The molecule has 7 heteroatoms. The lowest BCUT2D eigenvalue weighted by Crippen LogP contribution is -2.51. The van der Waals surface area contributed by atoms with Crippen molar-refractivity contribution in [2.75, 3.05) is 19.7 Å². The van der Waals surface area contributed by atoms with E-state index < -0.39 is 5.41 Å². The van der Waals surface area contributed by atoms with Crippen molar-refractivity contribution in [3.63, 3.8) is 0 Å². The number of carbonyl (C=O) groups excluding carboxylic acids is 2. The van der Waals surface area contributed by atoms with Gasteiger partial charge >= 0.3 is 5.97 Å². The van der Waals surface area contributed by atoms with E-state index in [2.05, 4.69) is 9.97 Å². The number of aryl methyl sites for hydroxylation is 1. The number of likely N-dealkylation sites (tertiary alicyclic amines) is 1. The first-order valence-corrected chi connectivity index (χ1v) is 10.3. The molecule has 0 bridgehead atoms. The van der Waals surface area contributed by atoms with Crippen LogP contribution in [0.3, 0.4) is 0 Å². The highest BCUT2D eigenvalue weighted by Gasteiger charge is 2.44. The van der Waals surface area contributed by atoms with Crippen LogP contribution in [0, 0.1) is 5.41 Å². The molecular formula is C22H26ClN3O3. The number of nitrogens with zero attached hydrogens (tertiary/aromatic N) is 3. The SMILES string of the molecule is CCOC(=O)[C@]1(Cc2cccc(Cl)c2)CCCN(C(=O)CCc2cnccn2)C1. The molecule has 29 heavy (non-hydrogen) atoms. The molecule has 1 aromatic heterocycles. The predicted octanol–water partition coefficient (Wildman–Crippen LogP) is 3.48. The van der Waals surface area contributed by atoms with E-state index in [4.69, 9.17) is 16.3 Å². The molecule has 1 amide bonds. The molecule has 1 aliphatic heterocycles. The maximum atomic E-state index is 12.9. The van der Waals surface area contributed by atoms with Crippen LogP contribution in [-0.2, 0) is 27.2 Å². The predicted molar refractivity (Wildman–Crippen MR) is 110 cm³/mol. The highest BCUT2D eigenvalue weighted by atomic mass is 35.5. The van der Waals surface area contributed by atoms with Crippen LogP contribution >= 0.6 is 11.6 Å². The molecule has 0 radical (unpaired) electrons. The number of esters is 1. The van der Waals surface area contributed by atoms with Gasteiger partial charge in [-0.1, -0.05) is 23.7 Å². The molecule has 154 valence electrons. The monoisotopic (exact) mass is 415 g/mol. The molecule has 0 unspecified atom stereocenters. The van der Waals surface area contributed by atoms with Crippen LogP contribution in [0.25, 0.3) is 0 Å². The number of ether oxygens (including phenoxy) is 1. The van der Waals surface area contributed by atoms with Crippen LogP contribution in [0.5, 0.6) is 0 Å². The third-order valence-electron chi connectivity index (χ3n) is 5.28. The molecule has 1 atom stereocenters. The fraction of sp³-hybridized carbons (Fsp3) is 0.455. The van der Waals surface area contributed by atoms with Crippen molar-refractivity contribution < 1.29 is 14.3 Å². The van der Waals surface area contributed by atoms with Crippen LogP contribution in [0.4, 0.5) is 0 Å². The second-order valence-electron chi connectivity index (χ2n) is 7.42. The van der Waals surface area contributed by atoms with Gasteiger partial charge in [0.1, 0.15) is 0 Å². The van der Waals surface area contributed by atoms with Gasteiger partial charge in [-0.3, -0.25) is 19.6 Å². The van der Waals surface area contributed by atoms with Crippen LogP contribution in [0.1, 0.15) is 37.4 Å². The average molecular weight is 416 g/mol. The number of amides is 1. The molecule has 0 saturated carbocycles. The maximum Gasteiger partial charge on any atom is 0.314 e. The summed E-state index contributed by atoms with van der Waals surface area (Å²) in [5.41, 5.74) is 1.01. The normalized spacial score (nSPS) is 19.0. The summed E-state index contributed by atoms with van der Waals surface area (Å²) in [7, 11) is 0. The summed E-state index contributed by atoms with van der Waals surface area (Å²) in [6.45, 7) is 3.13. The zero-order valence-electron chi connectivity index (χ0n) is 16.6. The van der Waals surface area contributed by atoms with Crippen molar-refractivity contribution in [3.8, 4) is 0 Å². The second kappa shape index (κ2) is 9.83. The van der Waals surface area contributed by atoms with Crippen molar-refractivity contribution in [2.24, 2.45) is 5.41 Å². The number of carbonyl (C=O) groups is 2. The Morgan fingerprint density at radius 3 is 2.90 bits per heavy atom. The Kier molecular flexibility index (Phi) is 7.20. The third-order valence-corrected chi connectivity index (χ3v) is 5.52. The smallest absolute Gasteiger partial charge is 0.314 e. The molecule has 1 aliphatic rings. The average Bonchev–Trinajstić information content (AvgIpc) is 2.73. The van der Waals surface area contributed by atoms with E-state index in [1.165, 1.54) is 0 Å². The summed E-state index contributed by atoms with van der Waals surface area (Å²) in [6, 6.07) is 7.52. The number of hydrogen-bond acceptors (Lipinski definition) is 5. The van der Waals surface area contributed by atoms with E-state index in [-0.39, 0.29) is 11.9 Å². The third kappa shape index (κ3) is 5.54. The topological polar surface area (TPSA) is 72.4 Å². The molecule has 2 aromatic rings. The summed E-state index contributed by atoms with van der Waals surface area (Å²) in [5.74, 6) is -0.221. The minimum atomic E-state index is -0.749. The zero-order chi connectivity index (χ0) is 20.7. The van der Waals surface area contributed by atoms with Crippen LogP contribution in [0.2, 0.25) is 5.02 Å². The first kappa shape index (κ1) is 21.2. The number of rotatable bonds is 7. The van der Waals surface area contributed by atoms with Crippen molar-refractivity contribution >= 4 is 23.5 Å². The first-order chi connectivity index (χ1) is 14.0. The van der Waals surface area contributed by atoms with E-state index >= 15 is 0 Å². The molecule has 6 nitrogen and oxygen atoms in total. The Morgan fingerprint density at radius 1 is 1.31 bits per heavy atom. The number of halogens is 1. The molecular weight excluding hydrogens is 390 g/mol. The largest absolute Gasteiger partial charge is 0.466 e. The van der Waals surface area contributed by atoms with Gasteiger partial charge < -0.3 is 9.64 Å². The Balaban J connectivity index is 1.74. The number of hydrogen-bond donors (Lipinski definition) is 0. The van der Waals surface area contributed by atoms with E-state index in [1.807, 2.05) is 24.3 Å². The Bertz CT molecular complexity index is 846. The minimum Gasteiger partial charge on any atom is -0.466 e. The molecule has 0 spiro atoms. The van der Waals surface area contributed by atoms with E-state index in [9.17, 15) is 9.59 Å². The molecule has 2 heterocycles.